The quantitative estimate of drug-likeness (QED) is 0.812. The van der Waals surface area contributed by atoms with Crippen LogP contribution in [0.4, 0.5) is 0 Å². The van der Waals surface area contributed by atoms with E-state index >= 15 is 0 Å². The van der Waals surface area contributed by atoms with Crippen molar-refractivity contribution in [1.82, 2.24) is 25.2 Å². The van der Waals surface area contributed by atoms with Gasteiger partial charge in [0.05, 0.1) is 23.9 Å². The van der Waals surface area contributed by atoms with Crippen LogP contribution in [0.1, 0.15) is 37.8 Å². The number of hydrogen-bond donors (Lipinski definition) is 1. The van der Waals surface area contributed by atoms with Crippen LogP contribution < -0.4 is 5.32 Å². The smallest absolute Gasteiger partial charge is 0.230 e. The molecule has 1 aromatic heterocycles. The fourth-order valence-electron chi connectivity index (χ4n) is 4.27. The summed E-state index contributed by atoms with van der Waals surface area (Å²) in [5.41, 5.74) is 0.940. The van der Waals surface area contributed by atoms with Crippen molar-refractivity contribution in [2.45, 2.75) is 51.2 Å². The minimum absolute atomic E-state index is 0.122. The lowest BCUT2D eigenvalue weighted by Crippen LogP contribution is -2.47. The third-order valence-electron chi connectivity index (χ3n) is 5.31. The molecule has 0 aromatic carbocycles. The molecule has 0 bridgehead atoms. The van der Waals surface area contributed by atoms with Crippen molar-refractivity contribution >= 4 is 5.91 Å². The van der Waals surface area contributed by atoms with E-state index < -0.39 is 0 Å². The van der Waals surface area contributed by atoms with Crippen LogP contribution in [0.5, 0.6) is 0 Å². The summed E-state index contributed by atoms with van der Waals surface area (Å²) in [7, 11) is 0. The van der Waals surface area contributed by atoms with Gasteiger partial charge in [0, 0.05) is 19.1 Å². The van der Waals surface area contributed by atoms with E-state index in [9.17, 15) is 4.79 Å². The Morgan fingerprint density at radius 3 is 3.25 bits per heavy atom. The monoisotopic (exact) mass is 275 g/mol. The van der Waals surface area contributed by atoms with Crippen LogP contribution in [0.25, 0.3) is 0 Å². The van der Waals surface area contributed by atoms with Crippen molar-refractivity contribution < 1.29 is 4.79 Å². The molecule has 2 fully saturated rings. The van der Waals surface area contributed by atoms with E-state index in [1.165, 1.54) is 6.42 Å². The molecule has 0 radical (unpaired) electrons. The van der Waals surface area contributed by atoms with Crippen LogP contribution in [0.2, 0.25) is 0 Å². The Morgan fingerprint density at radius 1 is 1.35 bits per heavy atom. The predicted octanol–water partition coefficient (Wildman–Crippen LogP) is 0.543. The molecule has 4 rings (SSSR count). The fraction of sp³-hybridized carbons (Fsp3) is 0.786. The maximum Gasteiger partial charge on any atom is 0.230 e. The zero-order chi connectivity index (χ0) is 13.6. The predicted molar refractivity (Wildman–Crippen MR) is 72.7 cm³/mol. The molecule has 2 aliphatic heterocycles. The van der Waals surface area contributed by atoms with Crippen LogP contribution in [-0.4, -0.2) is 44.9 Å². The van der Waals surface area contributed by atoms with Gasteiger partial charge >= 0.3 is 0 Å². The molecule has 2 atom stereocenters. The summed E-state index contributed by atoms with van der Waals surface area (Å²) in [6.07, 6.45) is 7.15. The Kier molecular flexibility index (Phi) is 2.80. The van der Waals surface area contributed by atoms with Gasteiger partial charge in [-0.3, -0.25) is 4.79 Å². The molecule has 0 unspecified atom stereocenters. The van der Waals surface area contributed by atoms with Gasteiger partial charge in [-0.25, -0.2) is 4.68 Å². The van der Waals surface area contributed by atoms with Crippen molar-refractivity contribution in [2.75, 3.05) is 13.1 Å². The highest BCUT2D eigenvalue weighted by Gasteiger charge is 2.53. The normalized spacial score (nSPS) is 32.8. The SMILES string of the molecule is O=C(N1CCCn2nncc2C1)[C@]12CCC[C@H]1NCC2. The Hall–Kier alpha value is -1.43. The van der Waals surface area contributed by atoms with Crippen molar-refractivity contribution in [1.29, 1.82) is 0 Å². The van der Waals surface area contributed by atoms with E-state index in [0.717, 1.165) is 51.0 Å². The lowest BCUT2D eigenvalue weighted by Gasteiger charge is -2.33. The van der Waals surface area contributed by atoms with Crippen molar-refractivity contribution in [3.8, 4) is 0 Å². The Morgan fingerprint density at radius 2 is 2.30 bits per heavy atom. The first kappa shape index (κ1) is 12.3. The van der Waals surface area contributed by atoms with Gasteiger partial charge in [-0.15, -0.1) is 5.10 Å². The Balaban J connectivity index is 1.59. The molecule has 1 aliphatic carbocycles. The number of hydrogen-bond acceptors (Lipinski definition) is 4. The molecule has 6 heteroatoms. The summed E-state index contributed by atoms with van der Waals surface area (Å²) in [4.78, 5) is 15.2. The van der Waals surface area contributed by atoms with Gasteiger partial charge in [0.25, 0.3) is 0 Å². The van der Waals surface area contributed by atoms with Gasteiger partial charge in [0.15, 0.2) is 0 Å². The first-order valence-corrected chi connectivity index (χ1v) is 7.70. The van der Waals surface area contributed by atoms with Crippen LogP contribution in [0.3, 0.4) is 0 Å². The second-order valence-electron chi connectivity index (χ2n) is 6.33. The van der Waals surface area contributed by atoms with Gasteiger partial charge in [-0.2, -0.15) is 0 Å². The number of nitrogens with one attached hydrogen (secondary N) is 1. The number of amides is 1. The molecule has 6 nitrogen and oxygen atoms in total. The third kappa shape index (κ3) is 1.70. The second-order valence-corrected chi connectivity index (χ2v) is 6.33. The highest BCUT2D eigenvalue weighted by Crippen LogP contribution is 2.46. The van der Waals surface area contributed by atoms with E-state index in [1.807, 2.05) is 9.58 Å². The van der Waals surface area contributed by atoms with E-state index in [0.29, 0.717) is 18.5 Å². The molecule has 3 aliphatic rings. The number of nitrogens with zero attached hydrogens (tertiary/aromatic N) is 4. The average Bonchev–Trinajstić information content (AvgIpc) is 3.10. The third-order valence-corrected chi connectivity index (χ3v) is 5.31. The lowest BCUT2D eigenvalue weighted by molar-refractivity contribution is -0.142. The number of rotatable bonds is 1. The zero-order valence-electron chi connectivity index (χ0n) is 11.7. The second kappa shape index (κ2) is 4.55. The highest BCUT2D eigenvalue weighted by atomic mass is 16.2. The maximum absolute atomic E-state index is 13.1. The van der Waals surface area contributed by atoms with Crippen molar-refractivity contribution in [2.24, 2.45) is 5.41 Å². The first-order valence-electron chi connectivity index (χ1n) is 7.70. The molecule has 1 saturated carbocycles. The molecule has 0 spiro atoms. The topological polar surface area (TPSA) is 63.1 Å². The fourth-order valence-corrected chi connectivity index (χ4v) is 4.27. The largest absolute Gasteiger partial charge is 0.336 e. The molecule has 1 aromatic rings. The standard InChI is InChI=1S/C14H21N5O/c20-13(14-4-1-3-12(14)15-6-5-14)18-7-2-8-19-11(10-18)9-16-17-19/h9,12,15H,1-8,10H2/t12-,14+/m1/s1. The minimum Gasteiger partial charge on any atom is -0.336 e. The summed E-state index contributed by atoms with van der Waals surface area (Å²) < 4.78 is 1.93. The van der Waals surface area contributed by atoms with E-state index in [4.69, 9.17) is 0 Å². The maximum atomic E-state index is 13.1. The molecule has 1 amide bonds. The molecule has 1 N–H and O–H groups in total. The van der Waals surface area contributed by atoms with E-state index in [1.54, 1.807) is 6.20 Å². The van der Waals surface area contributed by atoms with Crippen molar-refractivity contribution in [3.05, 3.63) is 11.9 Å². The van der Waals surface area contributed by atoms with Gasteiger partial charge in [-0.1, -0.05) is 11.6 Å². The molecular formula is C14H21N5O. The van der Waals surface area contributed by atoms with Gasteiger partial charge in [0.2, 0.25) is 5.91 Å². The number of carbonyl (C=O) groups is 1. The average molecular weight is 275 g/mol. The summed E-state index contributed by atoms with van der Waals surface area (Å²) in [5.74, 6) is 0.361. The van der Waals surface area contributed by atoms with Crippen LogP contribution in [0, 0.1) is 5.41 Å². The van der Waals surface area contributed by atoms with Gasteiger partial charge in [0.1, 0.15) is 0 Å². The molecule has 20 heavy (non-hydrogen) atoms. The molecule has 1 saturated heterocycles. The number of fused-ring (bicyclic) bond motifs is 2. The highest BCUT2D eigenvalue weighted by molar-refractivity contribution is 5.84. The summed E-state index contributed by atoms with van der Waals surface area (Å²) in [5, 5.41) is 11.6. The Bertz CT molecular complexity index is 515. The summed E-state index contributed by atoms with van der Waals surface area (Å²) in [6, 6.07) is 0.404. The van der Waals surface area contributed by atoms with Gasteiger partial charge < -0.3 is 10.2 Å². The number of aryl methyl sites for hydroxylation is 1. The van der Waals surface area contributed by atoms with E-state index in [2.05, 4.69) is 15.6 Å². The van der Waals surface area contributed by atoms with E-state index in [-0.39, 0.29) is 5.41 Å². The van der Waals surface area contributed by atoms with Crippen LogP contribution >= 0.6 is 0 Å². The Labute approximate surface area is 118 Å². The van der Waals surface area contributed by atoms with Crippen LogP contribution in [0.15, 0.2) is 6.20 Å². The number of aromatic nitrogens is 3. The van der Waals surface area contributed by atoms with Gasteiger partial charge in [-0.05, 0) is 32.2 Å². The lowest BCUT2D eigenvalue weighted by atomic mass is 9.81. The zero-order valence-corrected chi connectivity index (χ0v) is 11.7. The van der Waals surface area contributed by atoms with Crippen molar-refractivity contribution in [3.63, 3.8) is 0 Å². The molecular weight excluding hydrogens is 254 g/mol. The summed E-state index contributed by atoms with van der Waals surface area (Å²) in [6.45, 7) is 3.37. The summed E-state index contributed by atoms with van der Waals surface area (Å²) >= 11 is 0. The minimum atomic E-state index is -0.122. The first-order chi connectivity index (χ1) is 9.79. The number of carbonyl (C=O) groups excluding carboxylic acids is 1. The molecule has 108 valence electrons. The molecule has 3 heterocycles. The van der Waals surface area contributed by atoms with Crippen LogP contribution in [-0.2, 0) is 17.9 Å².